The van der Waals surface area contributed by atoms with Gasteiger partial charge in [-0.25, -0.2) is 13.2 Å². The zero-order chi connectivity index (χ0) is 32.0. The molecular formula is C31H38N4O8S. The highest BCUT2D eigenvalue weighted by atomic mass is 32.2. The number of rotatable bonds is 10. The van der Waals surface area contributed by atoms with Crippen molar-refractivity contribution in [2.45, 2.75) is 30.9 Å². The predicted molar refractivity (Wildman–Crippen MR) is 166 cm³/mol. The average molecular weight is 627 g/mol. The van der Waals surface area contributed by atoms with Crippen molar-refractivity contribution in [3.63, 3.8) is 0 Å². The van der Waals surface area contributed by atoms with Gasteiger partial charge in [0.25, 0.3) is 15.9 Å². The number of sulfonamides is 1. The summed E-state index contributed by atoms with van der Waals surface area (Å²) in [6, 6.07) is 16.5. The molecule has 3 N–H and O–H groups in total. The van der Waals surface area contributed by atoms with E-state index < -0.39 is 34.1 Å². The van der Waals surface area contributed by atoms with Crippen molar-refractivity contribution in [2.24, 2.45) is 5.92 Å². The number of amides is 3. The maximum absolute atomic E-state index is 13.7. The molecule has 0 saturated carbocycles. The molecule has 1 aliphatic heterocycles. The van der Waals surface area contributed by atoms with Gasteiger partial charge in [-0.15, -0.1) is 0 Å². The molecule has 0 unspecified atom stereocenters. The fourth-order valence-electron chi connectivity index (χ4n) is 4.75. The van der Waals surface area contributed by atoms with Gasteiger partial charge in [-0.1, -0.05) is 13.0 Å². The molecule has 0 spiro atoms. The van der Waals surface area contributed by atoms with Crippen LogP contribution >= 0.6 is 0 Å². The molecule has 3 aromatic carbocycles. The Morgan fingerprint density at radius 3 is 2.27 bits per heavy atom. The number of nitrogens with one attached hydrogen (secondary N) is 2. The Morgan fingerprint density at radius 2 is 1.68 bits per heavy atom. The number of hydrogen-bond acceptors (Lipinski definition) is 8. The van der Waals surface area contributed by atoms with Crippen molar-refractivity contribution in [3.8, 4) is 17.2 Å². The summed E-state index contributed by atoms with van der Waals surface area (Å²) in [5.74, 6) is 0.455. The lowest BCUT2D eigenvalue weighted by molar-refractivity contribution is 0.0373. The second-order valence-electron chi connectivity index (χ2n) is 10.6. The molecule has 0 radical (unpaired) electrons. The van der Waals surface area contributed by atoms with E-state index in [2.05, 4.69) is 10.0 Å². The maximum Gasteiger partial charge on any atom is 0.321 e. The summed E-state index contributed by atoms with van der Waals surface area (Å²) < 4.78 is 46.0. The fraction of sp³-hybridized carbons (Fsp3) is 0.355. The summed E-state index contributed by atoms with van der Waals surface area (Å²) in [5.41, 5.74) is 0.763. The first-order valence-corrected chi connectivity index (χ1v) is 15.5. The third-order valence-corrected chi connectivity index (χ3v) is 8.83. The summed E-state index contributed by atoms with van der Waals surface area (Å²) in [4.78, 5) is 29.8. The van der Waals surface area contributed by atoms with E-state index in [-0.39, 0.29) is 47.5 Å². The Kier molecular flexibility index (Phi) is 10.2. The first-order chi connectivity index (χ1) is 21.0. The molecule has 4 rings (SSSR count). The predicted octanol–water partition coefficient (Wildman–Crippen LogP) is 3.89. The fourth-order valence-corrected chi connectivity index (χ4v) is 5.81. The summed E-state index contributed by atoms with van der Waals surface area (Å²) in [7, 11) is 0.571. The van der Waals surface area contributed by atoms with Crippen molar-refractivity contribution in [1.82, 2.24) is 9.80 Å². The zero-order valence-electron chi connectivity index (χ0n) is 25.3. The molecule has 1 aliphatic rings. The van der Waals surface area contributed by atoms with Crippen LogP contribution in [0.2, 0.25) is 0 Å². The SMILES string of the molecule is COc1ccc(NC(=O)N(C)C[C@H]2Oc3c(NS(=O)(=O)c4ccc(OC)cc4)cccc3C(=O)N([C@H](C)CO)C[C@H]2C)cc1. The van der Waals surface area contributed by atoms with Gasteiger partial charge in [-0.3, -0.25) is 9.52 Å². The summed E-state index contributed by atoms with van der Waals surface area (Å²) >= 11 is 0. The average Bonchev–Trinajstić information content (AvgIpc) is 3.02. The molecule has 0 aliphatic carbocycles. The van der Waals surface area contributed by atoms with Crippen molar-refractivity contribution in [1.29, 1.82) is 0 Å². The highest BCUT2D eigenvalue weighted by Gasteiger charge is 2.35. The summed E-state index contributed by atoms with van der Waals surface area (Å²) in [6.07, 6.45) is -0.659. The maximum atomic E-state index is 13.7. The van der Waals surface area contributed by atoms with Crippen molar-refractivity contribution in [3.05, 3.63) is 72.3 Å². The van der Waals surface area contributed by atoms with Crippen LogP contribution in [-0.2, 0) is 10.0 Å². The van der Waals surface area contributed by atoms with E-state index in [1.165, 1.54) is 47.2 Å². The lowest BCUT2D eigenvalue weighted by Crippen LogP contribution is -2.50. The molecule has 0 saturated heterocycles. The third kappa shape index (κ3) is 7.34. The zero-order valence-corrected chi connectivity index (χ0v) is 26.1. The van der Waals surface area contributed by atoms with Crippen LogP contribution in [-0.4, -0.2) is 88.4 Å². The second-order valence-corrected chi connectivity index (χ2v) is 12.3. The first kappa shape index (κ1) is 32.4. The smallest absolute Gasteiger partial charge is 0.321 e. The molecule has 13 heteroatoms. The number of anilines is 2. The topological polar surface area (TPSA) is 147 Å². The number of methoxy groups -OCH3 is 2. The molecule has 236 valence electrons. The van der Waals surface area contributed by atoms with Crippen LogP contribution in [0.3, 0.4) is 0 Å². The van der Waals surface area contributed by atoms with Gasteiger partial charge in [-0.2, -0.15) is 0 Å². The quantitative estimate of drug-likeness (QED) is 0.307. The van der Waals surface area contributed by atoms with Crippen molar-refractivity contribution >= 4 is 33.3 Å². The van der Waals surface area contributed by atoms with Crippen LogP contribution in [0.15, 0.2) is 71.6 Å². The Morgan fingerprint density at radius 1 is 1.07 bits per heavy atom. The van der Waals surface area contributed by atoms with Gasteiger partial charge < -0.3 is 34.4 Å². The number of carbonyl (C=O) groups excluding carboxylic acids is 2. The van der Waals surface area contributed by atoms with E-state index in [4.69, 9.17) is 14.2 Å². The van der Waals surface area contributed by atoms with Crippen LogP contribution < -0.4 is 24.2 Å². The van der Waals surface area contributed by atoms with E-state index >= 15 is 0 Å². The van der Waals surface area contributed by atoms with Crippen LogP contribution in [0.1, 0.15) is 24.2 Å². The molecule has 1 heterocycles. The monoisotopic (exact) mass is 626 g/mol. The number of aliphatic hydroxyl groups excluding tert-OH is 1. The molecule has 12 nitrogen and oxygen atoms in total. The van der Waals surface area contributed by atoms with Gasteiger partial charge in [0.1, 0.15) is 17.6 Å². The molecule has 3 atom stereocenters. The minimum Gasteiger partial charge on any atom is -0.497 e. The van der Waals surface area contributed by atoms with Gasteiger partial charge in [-0.05, 0) is 67.6 Å². The lowest BCUT2D eigenvalue weighted by atomic mass is 9.99. The number of hydrogen-bond donors (Lipinski definition) is 3. The van der Waals surface area contributed by atoms with Crippen LogP contribution in [0, 0.1) is 5.92 Å². The van der Waals surface area contributed by atoms with Gasteiger partial charge in [0.05, 0.1) is 49.6 Å². The van der Waals surface area contributed by atoms with E-state index in [1.54, 1.807) is 57.5 Å². The van der Waals surface area contributed by atoms with E-state index in [9.17, 15) is 23.1 Å². The van der Waals surface area contributed by atoms with Gasteiger partial charge in [0, 0.05) is 25.2 Å². The minimum atomic E-state index is -4.09. The van der Waals surface area contributed by atoms with Crippen molar-refractivity contribution in [2.75, 3.05) is 51.0 Å². The standard InChI is InChI=1S/C31H38N4O8S/c1-20-17-35(21(2)19-36)30(37)26-7-6-8-27(33-44(39,40)25-15-13-24(42-5)14-16-25)29(26)43-28(20)18-34(3)31(38)32-22-9-11-23(41-4)12-10-22/h6-16,20-21,28,33,36H,17-19H2,1-5H3,(H,32,38)/t20-,21-,28-/m1/s1. The number of benzene rings is 3. The Labute approximate surface area is 257 Å². The lowest BCUT2D eigenvalue weighted by Gasteiger charge is -2.38. The highest BCUT2D eigenvalue weighted by Crippen LogP contribution is 2.36. The molecule has 44 heavy (non-hydrogen) atoms. The molecule has 3 amide bonds. The molecule has 0 fully saturated rings. The summed E-state index contributed by atoms with van der Waals surface area (Å²) in [5, 5.41) is 12.8. The summed E-state index contributed by atoms with van der Waals surface area (Å²) in [6.45, 7) is 3.68. The number of ether oxygens (including phenoxy) is 3. The number of aliphatic hydroxyl groups is 1. The molecule has 0 bridgehead atoms. The van der Waals surface area contributed by atoms with Crippen LogP contribution in [0.5, 0.6) is 17.2 Å². The van der Waals surface area contributed by atoms with E-state index in [1.807, 2.05) is 6.92 Å². The number of fused-ring (bicyclic) bond motifs is 1. The largest absolute Gasteiger partial charge is 0.497 e. The van der Waals surface area contributed by atoms with Crippen LogP contribution in [0.25, 0.3) is 0 Å². The van der Waals surface area contributed by atoms with Gasteiger partial charge >= 0.3 is 6.03 Å². The minimum absolute atomic E-state index is 0.0107. The van der Waals surface area contributed by atoms with Crippen LogP contribution in [0.4, 0.5) is 16.2 Å². The number of nitrogens with zero attached hydrogens (tertiary/aromatic N) is 2. The van der Waals surface area contributed by atoms with Gasteiger partial charge in [0.15, 0.2) is 5.75 Å². The van der Waals surface area contributed by atoms with E-state index in [0.29, 0.717) is 17.2 Å². The normalized spacial score (nSPS) is 17.3. The number of urea groups is 1. The number of carbonyl (C=O) groups is 2. The Bertz CT molecular complexity index is 1560. The number of likely N-dealkylation sites (N-methyl/N-ethyl adjacent to an activating group) is 1. The van der Waals surface area contributed by atoms with Crippen molar-refractivity contribution < 1.29 is 37.3 Å². The van der Waals surface area contributed by atoms with Gasteiger partial charge in [0.2, 0.25) is 0 Å². The third-order valence-electron chi connectivity index (χ3n) is 7.45. The first-order valence-electron chi connectivity index (χ1n) is 14.0. The highest BCUT2D eigenvalue weighted by molar-refractivity contribution is 7.92. The Hall–Kier alpha value is -4.49. The number of para-hydroxylation sites is 1. The van der Waals surface area contributed by atoms with E-state index in [0.717, 1.165) is 0 Å². The molecule has 3 aromatic rings. The molecular weight excluding hydrogens is 588 g/mol. The molecule has 0 aromatic heterocycles. The Balaban J connectivity index is 1.66. The second kappa shape index (κ2) is 13.9.